The van der Waals surface area contributed by atoms with E-state index in [1.54, 1.807) is 14.2 Å². The summed E-state index contributed by atoms with van der Waals surface area (Å²) < 4.78 is 15.0. The van der Waals surface area contributed by atoms with Crippen LogP contribution in [0.3, 0.4) is 0 Å². The van der Waals surface area contributed by atoms with Gasteiger partial charge in [0.1, 0.15) is 17.5 Å². The Balaban J connectivity index is 2.14. The van der Waals surface area contributed by atoms with Crippen molar-refractivity contribution < 1.29 is 33.7 Å². The van der Waals surface area contributed by atoms with E-state index >= 15 is 0 Å². The molecule has 0 aliphatic heterocycles. The van der Waals surface area contributed by atoms with Crippen molar-refractivity contribution in [2.75, 3.05) is 20.0 Å². The second-order valence-corrected chi connectivity index (χ2v) is 9.72. The Morgan fingerprint density at radius 2 is 1.32 bits per heavy atom. The highest BCUT2D eigenvalue weighted by molar-refractivity contribution is 8.00. The Bertz CT molecular complexity index is 1180. The van der Waals surface area contributed by atoms with E-state index in [-0.39, 0.29) is 5.75 Å². The van der Waals surface area contributed by atoms with Crippen LogP contribution in [0.5, 0.6) is 11.5 Å². The zero-order valence-electron chi connectivity index (χ0n) is 21.7. The van der Waals surface area contributed by atoms with Crippen molar-refractivity contribution in [3.8, 4) is 11.5 Å². The van der Waals surface area contributed by atoms with Gasteiger partial charge >= 0.3 is 11.9 Å². The lowest BCUT2D eigenvalue weighted by atomic mass is 9.84. The van der Waals surface area contributed by atoms with Crippen LogP contribution >= 0.6 is 11.8 Å². The summed E-state index contributed by atoms with van der Waals surface area (Å²) in [6, 6.07) is 24.0. The van der Waals surface area contributed by atoms with E-state index in [4.69, 9.17) is 14.2 Å². The smallest absolute Gasteiger partial charge is 0.344 e. The van der Waals surface area contributed by atoms with Crippen LogP contribution in [0.15, 0.2) is 78.9 Å². The zero-order valence-corrected chi connectivity index (χ0v) is 22.5. The molecule has 0 saturated carbocycles. The van der Waals surface area contributed by atoms with Gasteiger partial charge in [-0.15, -0.1) is 11.8 Å². The number of esters is 1. The molecule has 0 heterocycles. The number of ether oxygens (including phenoxy) is 3. The molecular weight excluding hydrogens is 506 g/mol. The third kappa shape index (κ3) is 6.66. The number of amides is 1. The van der Waals surface area contributed by atoms with E-state index < -0.39 is 34.7 Å². The Kier molecular flexibility index (Phi) is 9.78. The van der Waals surface area contributed by atoms with Gasteiger partial charge in [-0.1, -0.05) is 54.6 Å². The number of hydrogen-bond acceptors (Lipinski definition) is 7. The summed E-state index contributed by atoms with van der Waals surface area (Å²) in [6.45, 7) is 2.56. The number of thioether (sulfide) groups is 1. The molecule has 8 nitrogen and oxygen atoms in total. The molecule has 1 amide bonds. The van der Waals surface area contributed by atoms with Gasteiger partial charge < -0.3 is 24.6 Å². The van der Waals surface area contributed by atoms with Gasteiger partial charge in [-0.2, -0.15) is 0 Å². The quantitative estimate of drug-likeness (QED) is 0.261. The van der Waals surface area contributed by atoms with Gasteiger partial charge in [0.05, 0.1) is 19.0 Å². The molecule has 0 aliphatic carbocycles. The maximum absolute atomic E-state index is 12.9. The first kappa shape index (κ1) is 28.6. The lowest BCUT2D eigenvalue weighted by Crippen LogP contribution is -2.45. The van der Waals surface area contributed by atoms with Crippen molar-refractivity contribution >= 4 is 29.6 Å². The highest BCUT2D eigenvalue weighted by Gasteiger charge is 2.39. The van der Waals surface area contributed by atoms with Crippen molar-refractivity contribution in [3.63, 3.8) is 0 Å². The molecule has 38 heavy (non-hydrogen) atoms. The SMILES string of the molecule is COc1ccc(C(SCC(NC(C)=O)C(=O)OC(C)C(=O)O)(c2ccccc2)c2ccc(OC)cc2)cc1. The van der Waals surface area contributed by atoms with Crippen LogP contribution in [0.2, 0.25) is 0 Å². The molecule has 0 fully saturated rings. The number of carbonyl (C=O) groups is 3. The Hall–Kier alpha value is -3.98. The van der Waals surface area contributed by atoms with Gasteiger partial charge in [-0.3, -0.25) is 4.79 Å². The lowest BCUT2D eigenvalue weighted by Gasteiger charge is -2.36. The normalized spacial score (nSPS) is 12.6. The van der Waals surface area contributed by atoms with Crippen molar-refractivity contribution in [1.29, 1.82) is 0 Å². The number of methoxy groups -OCH3 is 2. The lowest BCUT2D eigenvalue weighted by molar-refractivity contribution is -0.164. The van der Waals surface area contributed by atoms with Crippen LogP contribution in [0.1, 0.15) is 30.5 Å². The van der Waals surface area contributed by atoms with Gasteiger partial charge in [0, 0.05) is 12.7 Å². The van der Waals surface area contributed by atoms with E-state index in [1.165, 1.54) is 25.6 Å². The minimum Gasteiger partial charge on any atom is -0.497 e. The van der Waals surface area contributed by atoms with Crippen molar-refractivity contribution in [2.24, 2.45) is 0 Å². The molecule has 3 aromatic rings. The largest absolute Gasteiger partial charge is 0.497 e. The van der Waals surface area contributed by atoms with Crippen molar-refractivity contribution in [2.45, 2.75) is 30.7 Å². The first-order valence-corrected chi connectivity index (χ1v) is 12.9. The first-order chi connectivity index (χ1) is 18.2. The highest BCUT2D eigenvalue weighted by Crippen LogP contribution is 2.49. The maximum atomic E-state index is 12.9. The maximum Gasteiger partial charge on any atom is 0.344 e. The monoisotopic (exact) mass is 537 g/mol. The predicted octanol–water partition coefficient (Wildman–Crippen LogP) is 4.25. The number of hydrogen-bond donors (Lipinski definition) is 2. The fourth-order valence-corrected chi connectivity index (χ4v) is 5.55. The van der Waals surface area contributed by atoms with Gasteiger partial charge in [0.25, 0.3) is 0 Å². The van der Waals surface area contributed by atoms with Crippen molar-refractivity contribution in [1.82, 2.24) is 5.32 Å². The molecule has 0 saturated heterocycles. The Labute approximate surface area is 226 Å². The summed E-state index contributed by atoms with van der Waals surface area (Å²) in [5, 5.41) is 11.8. The van der Waals surface area contributed by atoms with Crippen LogP contribution in [0.25, 0.3) is 0 Å². The molecule has 2 unspecified atom stereocenters. The summed E-state index contributed by atoms with van der Waals surface area (Å²) in [7, 11) is 3.19. The summed E-state index contributed by atoms with van der Waals surface area (Å²) in [6.07, 6.45) is -1.36. The Morgan fingerprint density at radius 3 is 1.74 bits per heavy atom. The molecule has 0 aliphatic rings. The van der Waals surface area contributed by atoms with E-state index in [0.717, 1.165) is 16.7 Å². The van der Waals surface area contributed by atoms with Gasteiger partial charge in [0.2, 0.25) is 5.91 Å². The average Bonchev–Trinajstić information content (AvgIpc) is 2.93. The number of nitrogens with one attached hydrogen (secondary N) is 1. The van der Waals surface area contributed by atoms with Crippen LogP contribution in [-0.2, 0) is 23.9 Å². The molecule has 3 rings (SSSR count). The second kappa shape index (κ2) is 13.0. The van der Waals surface area contributed by atoms with Crippen LogP contribution in [0.4, 0.5) is 0 Å². The summed E-state index contributed by atoms with van der Waals surface area (Å²) >= 11 is 1.42. The van der Waals surface area contributed by atoms with E-state index in [0.29, 0.717) is 11.5 Å². The minimum atomic E-state index is -1.36. The number of carboxylic acid groups (broad SMARTS) is 1. The first-order valence-electron chi connectivity index (χ1n) is 11.9. The number of carboxylic acids is 1. The zero-order chi connectivity index (χ0) is 27.7. The molecule has 9 heteroatoms. The van der Waals surface area contributed by atoms with Gasteiger partial charge in [0.15, 0.2) is 6.10 Å². The second-order valence-electron chi connectivity index (χ2n) is 8.49. The molecule has 2 N–H and O–H groups in total. The van der Waals surface area contributed by atoms with E-state index in [1.807, 2.05) is 78.9 Å². The summed E-state index contributed by atoms with van der Waals surface area (Å²) in [5.74, 6) is -1.06. The third-order valence-corrected chi connectivity index (χ3v) is 7.58. The number of benzene rings is 3. The van der Waals surface area contributed by atoms with E-state index in [2.05, 4.69) is 5.32 Å². The highest BCUT2D eigenvalue weighted by atomic mass is 32.2. The molecule has 200 valence electrons. The van der Waals surface area contributed by atoms with Gasteiger partial charge in [-0.25, -0.2) is 9.59 Å². The molecular formula is C29H31NO7S. The van der Waals surface area contributed by atoms with E-state index in [9.17, 15) is 19.5 Å². The molecule has 0 radical (unpaired) electrons. The number of rotatable bonds is 12. The summed E-state index contributed by atoms with van der Waals surface area (Å²) in [5.41, 5.74) is 2.76. The molecule has 2 atom stereocenters. The summed E-state index contributed by atoms with van der Waals surface area (Å²) in [4.78, 5) is 36.2. The standard InChI is InChI=1S/C29H31NO7S/c1-19(27(32)33)37-28(34)26(30-20(2)31)18-38-29(21-8-6-5-7-9-21,22-10-14-24(35-3)15-11-22)23-12-16-25(36-4)17-13-23/h5-17,19,26H,18H2,1-4H3,(H,30,31)(H,32,33). The molecule has 0 bridgehead atoms. The average molecular weight is 538 g/mol. The van der Waals surface area contributed by atoms with Crippen LogP contribution in [-0.4, -0.2) is 55.1 Å². The Morgan fingerprint density at radius 1 is 0.842 bits per heavy atom. The number of aliphatic carboxylic acids is 1. The van der Waals surface area contributed by atoms with Crippen molar-refractivity contribution in [3.05, 3.63) is 95.6 Å². The predicted molar refractivity (Wildman–Crippen MR) is 146 cm³/mol. The third-order valence-electron chi connectivity index (χ3n) is 5.94. The molecule has 0 spiro atoms. The van der Waals surface area contributed by atoms with Crippen LogP contribution in [0, 0.1) is 0 Å². The minimum absolute atomic E-state index is 0.0949. The molecule has 0 aromatic heterocycles. The molecule has 3 aromatic carbocycles. The topological polar surface area (TPSA) is 111 Å². The number of carbonyl (C=O) groups excluding carboxylic acids is 2. The van der Waals surface area contributed by atoms with Gasteiger partial charge in [-0.05, 0) is 47.9 Å². The fraction of sp³-hybridized carbons (Fsp3) is 0.276. The fourth-order valence-electron chi connectivity index (χ4n) is 4.00. The van der Waals surface area contributed by atoms with Crippen LogP contribution < -0.4 is 14.8 Å².